The first kappa shape index (κ1) is 27.7. The second-order valence-electron chi connectivity index (χ2n) is 7.59. The van der Waals surface area contributed by atoms with Crippen LogP contribution in [0.15, 0.2) is 36.4 Å². The number of nitrogens with one attached hydrogen (secondary N) is 3. The molecular formula is C21H15Cl5F3N3O3. The van der Waals surface area contributed by atoms with Gasteiger partial charge in [0.1, 0.15) is 10.9 Å². The quantitative estimate of drug-likeness (QED) is 0.368. The molecule has 2 atom stereocenters. The van der Waals surface area contributed by atoms with Crippen LogP contribution in [0.25, 0.3) is 0 Å². The van der Waals surface area contributed by atoms with E-state index >= 15 is 0 Å². The molecule has 0 saturated heterocycles. The summed E-state index contributed by atoms with van der Waals surface area (Å²) < 4.78 is 35.1. The minimum absolute atomic E-state index is 0.0156. The highest BCUT2D eigenvalue weighted by molar-refractivity contribution is 6.53. The van der Waals surface area contributed by atoms with E-state index in [-0.39, 0.29) is 16.3 Å². The van der Waals surface area contributed by atoms with Gasteiger partial charge in [-0.05, 0) is 42.0 Å². The molecule has 14 heteroatoms. The predicted octanol–water partition coefficient (Wildman–Crippen LogP) is 5.58. The Morgan fingerprint density at radius 2 is 1.57 bits per heavy atom. The largest absolute Gasteiger partial charge is 0.405 e. The molecule has 0 radical (unpaired) electrons. The van der Waals surface area contributed by atoms with Gasteiger partial charge in [0, 0.05) is 21.7 Å². The van der Waals surface area contributed by atoms with Crippen molar-refractivity contribution in [3.63, 3.8) is 0 Å². The number of hydrogen-bond acceptors (Lipinski definition) is 3. The predicted molar refractivity (Wildman–Crippen MR) is 129 cm³/mol. The first-order valence-corrected chi connectivity index (χ1v) is 11.6. The van der Waals surface area contributed by atoms with E-state index in [0.717, 1.165) is 0 Å². The summed E-state index contributed by atoms with van der Waals surface area (Å²) in [5, 5.41) is 7.06. The summed E-state index contributed by atoms with van der Waals surface area (Å²) in [7, 11) is 0. The van der Waals surface area contributed by atoms with Crippen molar-refractivity contribution < 1.29 is 27.6 Å². The van der Waals surface area contributed by atoms with Crippen LogP contribution in [-0.2, 0) is 9.59 Å². The van der Waals surface area contributed by atoms with E-state index in [1.54, 1.807) is 17.4 Å². The summed E-state index contributed by atoms with van der Waals surface area (Å²) in [6.07, 6.45) is -4.58. The highest BCUT2D eigenvalue weighted by atomic mass is 35.5. The SMILES string of the molecule is O=C(CNC(=O)c1cc(NC(=O)[C@H]2[C@H](c3cc(Cl)cc(Cl)c3)C2(Cl)Cl)ccc1Cl)NCC(F)(F)F. The summed E-state index contributed by atoms with van der Waals surface area (Å²) in [5.41, 5.74) is 0.627. The molecule has 1 aliphatic rings. The van der Waals surface area contributed by atoms with Crippen molar-refractivity contribution in [1.29, 1.82) is 0 Å². The van der Waals surface area contributed by atoms with Crippen LogP contribution in [0.4, 0.5) is 18.9 Å². The molecule has 3 N–H and O–H groups in total. The Morgan fingerprint density at radius 1 is 0.943 bits per heavy atom. The van der Waals surface area contributed by atoms with Crippen LogP contribution in [0.2, 0.25) is 15.1 Å². The number of hydrogen-bond donors (Lipinski definition) is 3. The fourth-order valence-electron chi connectivity index (χ4n) is 3.34. The molecule has 0 aliphatic heterocycles. The Bertz CT molecular complexity index is 1160. The lowest BCUT2D eigenvalue weighted by atomic mass is 10.1. The molecule has 0 bridgehead atoms. The number of alkyl halides is 5. The molecule has 0 heterocycles. The van der Waals surface area contributed by atoms with Gasteiger partial charge in [-0.25, -0.2) is 0 Å². The zero-order chi connectivity index (χ0) is 26.1. The number of carbonyl (C=O) groups excluding carboxylic acids is 3. The van der Waals surface area contributed by atoms with E-state index in [0.29, 0.717) is 15.6 Å². The van der Waals surface area contributed by atoms with E-state index < -0.39 is 53.2 Å². The smallest absolute Gasteiger partial charge is 0.345 e. The zero-order valence-corrected chi connectivity index (χ0v) is 21.1. The molecule has 2 aromatic carbocycles. The summed E-state index contributed by atoms with van der Waals surface area (Å²) in [5.74, 6) is -3.87. The first-order valence-electron chi connectivity index (χ1n) is 9.75. The molecule has 3 rings (SSSR count). The van der Waals surface area contributed by atoms with Gasteiger partial charge in [0.25, 0.3) is 5.91 Å². The van der Waals surface area contributed by atoms with Crippen molar-refractivity contribution in [2.75, 3.05) is 18.4 Å². The first-order chi connectivity index (χ1) is 16.2. The van der Waals surface area contributed by atoms with E-state index in [2.05, 4.69) is 10.6 Å². The fraction of sp³-hybridized carbons (Fsp3) is 0.286. The topological polar surface area (TPSA) is 87.3 Å². The molecule has 6 nitrogen and oxygen atoms in total. The highest BCUT2D eigenvalue weighted by Crippen LogP contribution is 2.65. The van der Waals surface area contributed by atoms with Crippen LogP contribution < -0.4 is 16.0 Å². The molecular weight excluding hydrogens is 577 g/mol. The molecule has 1 fully saturated rings. The van der Waals surface area contributed by atoms with Crippen LogP contribution in [0.3, 0.4) is 0 Å². The number of anilines is 1. The molecule has 0 aromatic heterocycles. The van der Waals surface area contributed by atoms with E-state index in [9.17, 15) is 27.6 Å². The lowest BCUT2D eigenvalue weighted by molar-refractivity contribution is -0.137. The molecule has 35 heavy (non-hydrogen) atoms. The summed E-state index contributed by atoms with van der Waals surface area (Å²) in [4.78, 5) is 36.7. The van der Waals surface area contributed by atoms with Crippen molar-refractivity contribution in [3.05, 3.63) is 62.6 Å². The maximum absolute atomic E-state index is 12.9. The molecule has 2 aromatic rings. The molecule has 1 aliphatic carbocycles. The third-order valence-electron chi connectivity index (χ3n) is 4.95. The van der Waals surface area contributed by atoms with Gasteiger partial charge in [-0.3, -0.25) is 14.4 Å². The molecule has 3 amide bonds. The van der Waals surface area contributed by atoms with Crippen LogP contribution >= 0.6 is 58.0 Å². The van der Waals surface area contributed by atoms with E-state index in [1.807, 2.05) is 0 Å². The summed E-state index contributed by atoms with van der Waals surface area (Å²) >= 11 is 30.7. The van der Waals surface area contributed by atoms with Crippen LogP contribution in [0, 0.1) is 5.92 Å². The lowest BCUT2D eigenvalue weighted by Gasteiger charge is -2.11. The van der Waals surface area contributed by atoms with Crippen molar-refractivity contribution >= 4 is 81.4 Å². The molecule has 0 unspecified atom stereocenters. The number of halogens is 8. The van der Waals surface area contributed by atoms with E-state index in [4.69, 9.17) is 58.0 Å². The van der Waals surface area contributed by atoms with Gasteiger partial charge in [0.2, 0.25) is 11.8 Å². The van der Waals surface area contributed by atoms with Crippen LogP contribution in [0.5, 0.6) is 0 Å². The molecule has 1 saturated carbocycles. The summed E-state index contributed by atoms with van der Waals surface area (Å²) in [6, 6.07) is 8.70. The van der Waals surface area contributed by atoms with Crippen molar-refractivity contribution in [1.82, 2.24) is 10.6 Å². The van der Waals surface area contributed by atoms with Crippen molar-refractivity contribution in [2.45, 2.75) is 16.4 Å². The average Bonchev–Trinajstić information content (AvgIpc) is 3.32. The standard InChI is InChI=1S/C21H15Cl5F3N3O3/c22-10-3-9(4-11(23)5-10)16-17(21(16,25)26)19(35)32-12-1-2-14(24)13(6-12)18(34)30-7-15(33)31-8-20(27,28)29/h1-6,16-17H,7-8H2,(H,30,34)(H,31,33)(H,32,35)/t16-,17+/m0/s1. The highest BCUT2D eigenvalue weighted by Gasteiger charge is 2.67. The van der Waals surface area contributed by atoms with Gasteiger partial charge in [-0.15, -0.1) is 23.2 Å². The van der Waals surface area contributed by atoms with Crippen molar-refractivity contribution in [3.8, 4) is 0 Å². The molecule has 188 valence electrons. The minimum atomic E-state index is -4.58. The minimum Gasteiger partial charge on any atom is -0.345 e. The van der Waals surface area contributed by atoms with Crippen LogP contribution in [0.1, 0.15) is 21.8 Å². The van der Waals surface area contributed by atoms with Crippen molar-refractivity contribution in [2.24, 2.45) is 5.92 Å². The van der Waals surface area contributed by atoms with Gasteiger partial charge in [-0.1, -0.05) is 34.8 Å². The lowest BCUT2D eigenvalue weighted by Crippen LogP contribution is -2.40. The van der Waals surface area contributed by atoms with Gasteiger partial charge in [-0.2, -0.15) is 13.2 Å². The Labute approximate surface area is 222 Å². The number of benzene rings is 2. The second kappa shape index (κ2) is 10.6. The maximum Gasteiger partial charge on any atom is 0.405 e. The normalized spacial score (nSPS) is 18.5. The Morgan fingerprint density at radius 3 is 2.17 bits per heavy atom. The summed E-state index contributed by atoms with van der Waals surface area (Å²) in [6.45, 7) is -2.25. The Hall–Kier alpha value is -1.91. The average molecular weight is 592 g/mol. The monoisotopic (exact) mass is 589 g/mol. The molecule has 0 spiro atoms. The third-order valence-corrected chi connectivity index (χ3v) is 6.66. The van der Waals surface area contributed by atoms with Crippen LogP contribution in [-0.4, -0.2) is 41.3 Å². The van der Waals surface area contributed by atoms with Gasteiger partial charge in [0.05, 0.1) is 23.0 Å². The Balaban J connectivity index is 1.66. The van der Waals surface area contributed by atoms with E-state index in [1.165, 1.54) is 24.3 Å². The number of rotatable bonds is 7. The fourth-order valence-corrected chi connectivity index (χ4v) is 4.91. The number of carbonyl (C=O) groups is 3. The second-order valence-corrected chi connectivity index (χ2v) is 10.3. The van der Waals surface area contributed by atoms with Gasteiger partial charge < -0.3 is 16.0 Å². The number of amides is 3. The van der Waals surface area contributed by atoms with Gasteiger partial charge in [0.15, 0.2) is 0 Å². The third kappa shape index (κ3) is 7.07. The maximum atomic E-state index is 12.9. The Kier molecular flexibility index (Phi) is 8.38. The zero-order valence-electron chi connectivity index (χ0n) is 17.3. The van der Waals surface area contributed by atoms with Gasteiger partial charge >= 0.3 is 6.18 Å².